The number of methoxy groups -OCH3 is 1. The maximum Gasteiger partial charge on any atom is 0.407 e. The first kappa shape index (κ1) is 14.1. The third-order valence-electron chi connectivity index (χ3n) is 2.50. The van der Waals surface area contributed by atoms with Gasteiger partial charge in [-0.1, -0.05) is 6.92 Å². The summed E-state index contributed by atoms with van der Waals surface area (Å²) in [5.41, 5.74) is 0. The molecule has 1 rings (SSSR count). The van der Waals surface area contributed by atoms with Gasteiger partial charge in [0, 0.05) is 18.9 Å². The number of hydrogen-bond acceptors (Lipinski definition) is 5. The molecule has 2 amide bonds. The fourth-order valence-electron chi connectivity index (χ4n) is 1.62. The van der Waals surface area contributed by atoms with Gasteiger partial charge in [-0.05, 0) is 6.42 Å². The van der Waals surface area contributed by atoms with Gasteiger partial charge in [0.2, 0.25) is 5.91 Å². The molecule has 1 aliphatic rings. The van der Waals surface area contributed by atoms with E-state index in [0.29, 0.717) is 13.1 Å². The van der Waals surface area contributed by atoms with Crippen molar-refractivity contribution < 1.29 is 14.3 Å². The maximum absolute atomic E-state index is 11.9. The van der Waals surface area contributed by atoms with Crippen molar-refractivity contribution in [3.63, 3.8) is 0 Å². The van der Waals surface area contributed by atoms with E-state index in [1.165, 1.54) is 7.11 Å². The van der Waals surface area contributed by atoms with Crippen LogP contribution in [0.2, 0.25) is 0 Å². The van der Waals surface area contributed by atoms with E-state index in [0.717, 1.165) is 6.42 Å². The summed E-state index contributed by atoms with van der Waals surface area (Å²) in [5.74, 6) is -0.127. The Morgan fingerprint density at radius 1 is 1.39 bits per heavy atom. The van der Waals surface area contributed by atoms with Gasteiger partial charge in [0.25, 0.3) is 0 Å². The Bertz CT molecular complexity index is 311. The van der Waals surface area contributed by atoms with Crippen LogP contribution in [0.4, 0.5) is 4.79 Å². The molecule has 18 heavy (non-hydrogen) atoms. The zero-order chi connectivity index (χ0) is 13.4. The van der Waals surface area contributed by atoms with Crippen molar-refractivity contribution >= 4 is 12.0 Å². The number of rotatable bonds is 6. The monoisotopic (exact) mass is 256 g/mol. The average molecular weight is 256 g/mol. The van der Waals surface area contributed by atoms with E-state index in [9.17, 15) is 9.59 Å². The maximum atomic E-state index is 11.9. The number of hydrogen-bond donors (Lipinski definition) is 3. The molecule has 1 heterocycles. The van der Waals surface area contributed by atoms with Crippen LogP contribution in [-0.4, -0.2) is 49.8 Å². The molecule has 0 bridgehead atoms. The highest BCUT2D eigenvalue weighted by Crippen LogP contribution is 1.97. The largest absolute Gasteiger partial charge is 0.453 e. The minimum Gasteiger partial charge on any atom is -0.453 e. The second-order valence-corrected chi connectivity index (χ2v) is 3.90. The molecule has 7 nitrogen and oxygen atoms in total. The summed E-state index contributed by atoms with van der Waals surface area (Å²) in [5, 5.41) is 8.54. The van der Waals surface area contributed by atoms with Crippen molar-refractivity contribution in [2.75, 3.05) is 26.7 Å². The Kier molecular flexibility index (Phi) is 5.83. The topological polar surface area (TPSA) is 82.7 Å². The Morgan fingerprint density at radius 3 is 2.61 bits per heavy atom. The highest BCUT2D eigenvalue weighted by Gasteiger charge is 2.18. The van der Waals surface area contributed by atoms with Gasteiger partial charge < -0.3 is 25.6 Å². The lowest BCUT2D eigenvalue weighted by molar-refractivity contribution is -0.130. The number of alkyl carbamates (subject to hydrolysis) is 1. The van der Waals surface area contributed by atoms with E-state index in [1.807, 2.05) is 6.92 Å². The standard InChI is InChI=1S/C11H20N4O3/c1-3-6-15(8-9-12-4-5-13-9)10(16)7-14-11(17)18-2/h4-5,9,12-13H,3,6-8H2,1-2H3,(H,14,17). The van der Waals surface area contributed by atoms with Gasteiger partial charge in [0.1, 0.15) is 12.7 Å². The lowest BCUT2D eigenvalue weighted by Crippen LogP contribution is -2.48. The molecule has 3 N–H and O–H groups in total. The van der Waals surface area contributed by atoms with Gasteiger partial charge in [-0.25, -0.2) is 4.79 Å². The minimum atomic E-state index is -0.599. The second-order valence-electron chi connectivity index (χ2n) is 3.90. The molecule has 0 aromatic heterocycles. The summed E-state index contributed by atoms with van der Waals surface area (Å²) in [6.45, 7) is 3.15. The minimum absolute atomic E-state index is 0.0265. The molecule has 0 fully saturated rings. The van der Waals surface area contributed by atoms with Crippen LogP contribution in [0.3, 0.4) is 0 Å². The quantitative estimate of drug-likeness (QED) is 0.601. The lowest BCUT2D eigenvalue weighted by atomic mass is 10.3. The number of ether oxygens (including phenoxy) is 1. The van der Waals surface area contributed by atoms with Crippen LogP contribution in [0.15, 0.2) is 12.4 Å². The fourth-order valence-corrected chi connectivity index (χ4v) is 1.62. The Morgan fingerprint density at radius 2 is 2.06 bits per heavy atom. The molecular formula is C11H20N4O3. The molecule has 0 saturated carbocycles. The predicted molar refractivity (Wildman–Crippen MR) is 66.5 cm³/mol. The number of nitrogens with one attached hydrogen (secondary N) is 3. The van der Waals surface area contributed by atoms with Crippen LogP contribution in [0.25, 0.3) is 0 Å². The van der Waals surface area contributed by atoms with Gasteiger partial charge in [0.05, 0.1) is 13.7 Å². The van der Waals surface area contributed by atoms with E-state index in [1.54, 1.807) is 17.3 Å². The van der Waals surface area contributed by atoms with Gasteiger partial charge >= 0.3 is 6.09 Å². The van der Waals surface area contributed by atoms with Crippen molar-refractivity contribution in [3.05, 3.63) is 12.4 Å². The van der Waals surface area contributed by atoms with Crippen molar-refractivity contribution in [2.24, 2.45) is 0 Å². The van der Waals surface area contributed by atoms with E-state index < -0.39 is 6.09 Å². The molecular weight excluding hydrogens is 236 g/mol. The number of carbonyl (C=O) groups excluding carboxylic acids is 2. The van der Waals surface area contributed by atoms with E-state index in [4.69, 9.17) is 0 Å². The van der Waals surface area contributed by atoms with Crippen LogP contribution >= 0.6 is 0 Å². The molecule has 102 valence electrons. The molecule has 7 heteroatoms. The van der Waals surface area contributed by atoms with Crippen LogP contribution < -0.4 is 16.0 Å². The molecule has 0 aliphatic carbocycles. The third-order valence-corrected chi connectivity index (χ3v) is 2.50. The summed E-state index contributed by atoms with van der Waals surface area (Å²) in [6, 6.07) is 0. The highest BCUT2D eigenvalue weighted by molar-refractivity contribution is 5.82. The fraction of sp³-hybridized carbons (Fsp3) is 0.636. The Balaban J connectivity index is 2.38. The van der Waals surface area contributed by atoms with Crippen molar-refractivity contribution in [2.45, 2.75) is 19.5 Å². The SMILES string of the molecule is CCCN(CC1NC=CN1)C(=O)CNC(=O)OC. The number of amides is 2. The molecule has 0 radical (unpaired) electrons. The second kappa shape index (κ2) is 7.41. The Labute approximate surface area is 107 Å². The number of nitrogens with zero attached hydrogens (tertiary/aromatic N) is 1. The smallest absolute Gasteiger partial charge is 0.407 e. The van der Waals surface area contributed by atoms with E-state index >= 15 is 0 Å². The van der Waals surface area contributed by atoms with Crippen LogP contribution in [-0.2, 0) is 9.53 Å². The van der Waals surface area contributed by atoms with Crippen molar-refractivity contribution in [3.8, 4) is 0 Å². The highest BCUT2D eigenvalue weighted by atomic mass is 16.5. The normalized spacial score (nSPS) is 13.7. The van der Waals surface area contributed by atoms with E-state index in [2.05, 4.69) is 20.7 Å². The molecule has 0 unspecified atom stereocenters. The first-order valence-corrected chi connectivity index (χ1v) is 5.94. The summed E-state index contributed by atoms with van der Waals surface area (Å²) < 4.78 is 4.42. The average Bonchev–Trinajstić information content (AvgIpc) is 2.87. The van der Waals surface area contributed by atoms with Crippen molar-refractivity contribution in [1.29, 1.82) is 0 Å². The van der Waals surface area contributed by atoms with E-state index in [-0.39, 0.29) is 18.6 Å². The summed E-state index contributed by atoms with van der Waals surface area (Å²) in [4.78, 5) is 24.5. The summed E-state index contributed by atoms with van der Waals surface area (Å²) in [7, 11) is 1.27. The van der Waals surface area contributed by atoms with Crippen LogP contribution in [0, 0.1) is 0 Å². The predicted octanol–water partition coefficient (Wildman–Crippen LogP) is -0.429. The molecule has 0 saturated heterocycles. The Hall–Kier alpha value is -1.92. The zero-order valence-electron chi connectivity index (χ0n) is 10.7. The molecule has 0 aromatic carbocycles. The van der Waals surface area contributed by atoms with Gasteiger partial charge in [0.15, 0.2) is 0 Å². The van der Waals surface area contributed by atoms with Crippen molar-refractivity contribution in [1.82, 2.24) is 20.9 Å². The van der Waals surface area contributed by atoms with Gasteiger partial charge in [-0.15, -0.1) is 0 Å². The molecule has 0 spiro atoms. The lowest BCUT2D eigenvalue weighted by Gasteiger charge is -2.25. The first-order valence-electron chi connectivity index (χ1n) is 5.94. The van der Waals surface area contributed by atoms with Crippen LogP contribution in [0.1, 0.15) is 13.3 Å². The summed E-state index contributed by atoms with van der Waals surface area (Å²) >= 11 is 0. The molecule has 1 aliphatic heterocycles. The molecule has 0 atom stereocenters. The third kappa shape index (κ3) is 4.52. The number of carbonyl (C=O) groups is 2. The zero-order valence-corrected chi connectivity index (χ0v) is 10.7. The van der Waals surface area contributed by atoms with Crippen LogP contribution in [0.5, 0.6) is 0 Å². The van der Waals surface area contributed by atoms with Gasteiger partial charge in [-0.2, -0.15) is 0 Å². The molecule has 0 aromatic rings. The first-order chi connectivity index (χ1) is 8.67. The summed E-state index contributed by atoms with van der Waals surface area (Å²) in [6.07, 6.45) is 3.89. The van der Waals surface area contributed by atoms with Gasteiger partial charge in [-0.3, -0.25) is 4.79 Å².